The predicted octanol–water partition coefficient (Wildman–Crippen LogP) is 4.09. The number of halogens is 2. The molecule has 30 heavy (non-hydrogen) atoms. The summed E-state index contributed by atoms with van der Waals surface area (Å²) in [6, 6.07) is 15.4. The van der Waals surface area contributed by atoms with Crippen LogP contribution in [-0.2, 0) is 14.8 Å². The maximum atomic E-state index is 13.2. The topological polar surface area (TPSA) is 84.5 Å². The monoisotopic (exact) mass is 432 g/mol. The second-order valence-corrected chi connectivity index (χ2v) is 8.09. The minimum absolute atomic E-state index is 0.0293. The van der Waals surface area contributed by atoms with Crippen molar-refractivity contribution in [1.82, 2.24) is 0 Å². The van der Waals surface area contributed by atoms with Crippen molar-refractivity contribution >= 4 is 27.3 Å². The molecule has 9 heteroatoms. The number of rotatable bonds is 7. The Labute approximate surface area is 172 Å². The van der Waals surface area contributed by atoms with Gasteiger partial charge in [0.2, 0.25) is 0 Å². The summed E-state index contributed by atoms with van der Waals surface area (Å²) in [7, 11) is -3.77. The van der Waals surface area contributed by atoms with Crippen molar-refractivity contribution in [2.24, 2.45) is 0 Å². The molecule has 0 saturated heterocycles. The minimum atomic E-state index is -3.77. The van der Waals surface area contributed by atoms with Gasteiger partial charge in [0.25, 0.3) is 15.9 Å². The Balaban J connectivity index is 1.57. The van der Waals surface area contributed by atoms with Crippen LogP contribution in [0.4, 0.5) is 20.2 Å². The maximum Gasteiger partial charge on any atom is 0.262 e. The molecular formula is C21H18F2N2O4S. The summed E-state index contributed by atoms with van der Waals surface area (Å²) in [6.07, 6.45) is 0. The highest BCUT2D eigenvalue weighted by Gasteiger charge is 2.14. The number of anilines is 2. The second-order valence-electron chi connectivity index (χ2n) is 6.41. The molecule has 0 aliphatic rings. The molecule has 0 aromatic heterocycles. The van der Waals surface area contributed by atoms with Gasteiger partial charge in [-0.1, -0.05) is 17.7 Å². The average Bonchev–Trinajstić information content (AvgIpc) is 2.71. The zero-order valence-corrected chi connectivity index (χ0v) is 16.7. The molecule has 0 unspecified atom stereocenters. The number of hydrogen-bond donors (Lipinski definition) is 2. The highest BCUT2D eigenvalue weighted by Crippen LogP contribution is 2.20. The van der Waals surface area contributed by atoms with Gasteiger partial charge in [-0.25, -0.2) is 17.2 Å². The van der Waals surface area contributed by atoms with E-state index in [9.17, 15) is 22.0 Å². The van der Waals surface area contributed by atoms with Crippen LogP contribution >= 0.6 is 0 Å². The molecule has 0 aliphatic carbocycles. The van der Waals surface area contributed by atoms with Crippen molar-refractivity contribution in [2.45, 2.75) is 11.8 Å². The molecule has 2 N–H and O–H groups in total. The van der Waals surface area contributed by atoms with Crippen molar-refractivity contribution in [3.05, 3.63) is 83.9 Å². The van der Waals surface area contributed by atoms with Crippen LogP contribution in [0, 0.1) is 18.6 Å². The van der Waals surface area contributed by atoms with Crippen LogP contribution in [-0.4, -0.2) is 20.9 Å². The SMILES string of the molecule is Cc1ccc(NS(=O)(=O)c2ccc(OCC(=O)Nc3ccc(F)c(F)c3)cc2)cc1. The van der Waals surface area contributed by atoms with E-state index in [4.69, 9.17) is 4.74 Å². The first-order valence-electron chi connectivity index (χ1n) is 8.80. The molecule has 0 radical (unpaired) electrons. The van der Waals surface area contributed by atoms with E-state index in [0.717, 1.165) is 17.7 Å². The number of benzene rings is 3. The average molecular weight is 432 g/mol. The summed E-state index contributed by atoms with van der Waals surface area (Å²) in [6.45, 7) is 1.50. The smallest absolute Gasteiger partial charge is 0.262 e. The molecule has 156 valence electrons. The van der Waals surface area contributed by atoms with Gasteiger partial charge in [-0.05, 0) is 55.5 Å². The first-order valence-corrected chi connectivity index (χ1v) is 10.3. The van der Waals surface area contributed by atoms with E-state index in [0.29, 0.717) is 5.69 Å². The fraction of sp³-hybridized carbons (Fsp3) is 0.0952. The number of ether oxygens (including phenoxy) is 1. The van der Waals surface area contributed by atoms with E-state index in [2.05, 4.69) is 10.0 Å². The molecular weight excluding hydrogens is 414 g/mol. The molecule has 3 rings (SSSR count). The largest absolute Gasteiger partial charge is 0.484 e. The quantitative estimate of drug-likeness (QED) is 0.589. The lowest BCUT2D eigenvalue weighted by molar-refractivity contribution is -0.118. The molecule has 3 aromatic rings. The molecule has 0 spiro atoms. The van der Waals surface area contributed by atoms with Gasteiger partial charge in [-0.3, -0.25) is 9.52 Å². The molecule has 1 amide bonds. The summed E-state index contributed by atoms with van der Waals surface area (Å²) in [4.78, 5) is 11.9. The molecule has 0 saturated carbocycles. The molecule has 0 heterocycles. The summed E-state index contributed by atoms with van der Waals surface area (Å²) in [5, 5.41) is 2.37. The first-order chi connectivity index (χ1) is 14.2. The molecule has 0 bridgehead atoms. The van der Waals surface area contributed by atoms with Crippen LogP contribution in [0.2, 0.25) is 0 Å². The third kappa shape index (κ3) is 5.54. The van der Waals surface area contributed by atoms with Crippen molar-refractivity contribution < 1.29 is 26.7 Å². The van der Waals surface area contributed by atoms with Gasteiger partial charge < -0.3 is 10.1 Å². The summed E-state index contributed by atoms with van der Waals surface area (Å²) >= 11 is 0. The van der Waals surface area contributed by atoms with E-state index in [1.165, 1.54) is 30.3 Å². The molecule has 3 aromatic carbocycles. The third-order valence-corrected chi connectivity index (χ3v) is 5.41. The Morgan fingerprint density at radius 3 is 2.17 bits per heavy atom. The van der Waals surface area contributed by atoms with E-state index in [1.54, 1.807) is 24.3 Å². The van der Waals surface area contributed by atoms with Crippen molar-refractivity contribution in [3.63, 3.8) is 0 Å². The zero-order valence-electron chi connectivity index (χ0n) is 15.9. The Bertz CT molecular complexity index is 1150. The van der Waals surface area contributed by atoms with Gasteiger partial charge in [0.05, 0.1) is 4.90 Å². The van der Waals surface area contributed by atoms with E-state index >= 15 is 0 Å². The molecule has 0 atom stereocenters. The number of nitrogens with one attached hydrogen (secondary N) is 2. The van der Waals surface area contributed by atoms with E-state index in [-0.39, 0.29) is 16.3 Å². The van der Waals surface area contributed by atoms with E-state index in [1.807, 2.05) is 6.92 Å². The fourth-order valence-corrected chi connectivity index (χ4v) is 3.53. The normalized spacial score (nSPS) is 11.0. The van der Waals surface area contributed by atoms with Crippen molar-refractivity contribution in [3.8, 4) is 5.75 Å². The van der Waals surface area contributed by atoms with Crippen LogP contribution in [0.5, 0.6) is 5.75 Å². The lowest BCUT2D eigenvalue weighted by Gasteiger charge is -2.10. The zero-order chi connectivity index (χ0) is 21.7. The Morgan fingerprint density at radius 1 is 0.900 bits per heavy atom. The van der Waals surface area contributed by atoms with Crippen LogP contribution < -0.4 is 14.8 Å². The summed E-state index contributed by atoms with van der Waals surface area (Å²) in [5.41, 5.74) is 1.54. The first kappa shape index (κ1) is 21.3. The Kier molecular flexibility index (Phi) is 6.31. The van der Waals surface area contributed by atoms with Crippen molar-refractivity contribution in [1.29, 1.82) is 0 Å². The highest BCUT2D eigenvalue weighted by molar-refractivity contribution is 7.92. The number of sulfonamides is 1. The summed E-state index contributed by atoms with van der Waals surface area (Å²) < 4.78 is 58.7. The standard InChI is InChI=1S/C21H18F2N2O4S/c1-14-2-4-15(5-3-14)25-30(27,28)18-9-7-17(8-10-18)29-13-21(26)24-16-6-11-19(22)20(23)12-16/h2-12,25H,13H2,1H3,(H,24,26). The Hall–Kier alpha value is -3.46. The van der Waals surface area contributed by atoms with Crippen LogP contribution in [0.3, 0.4) is 0 Å². The van der Waals surface area contributed by atoms with Gasteiger partial charge in [-0.2, -0.15) is 0 Å². The van der Waals surface area contributed by atoms with Gasteiger partial charge >= 0.3 is 0 Å². The predicted molar refractivity (Wildman–Crippen MR) is 109 cm³/mol. The van der Waals surface area contributed by atoms with Gasteiger partial charge in [0.15, 0.2) is 18.2 Å². The number of carbonyl (C=O) groups excluding carboxylic acids is 1. The third-order valence-electron chi connectivity index (χ3n) is 4.01. The van der Waals surface area contributed by atoms with Crippen molar-refractivity contribution in [2.75, 3.05) is 16.6 Å². The van der Waals surface area contributed by atoms with Gasteiger partial charge in [0.1, 0.15) is 5.75 Å². The van der Waals surface area contributed by atoms with Crippen LogP contribution in [0.25, 0.3) is 0 Å². The number of aryl methyl sites for hydroxylation is 1. The lowest BCUT2D eigenvalue weighted by atomic mass is 10.2. The minimum Gasteiger partial charge on any atom is -0.484 e. The maximum absolute atomic E-state index is 13.2. The lowest BCUT2D eigenvalue weighted by Crippen LogP contribution is -2.20. The van der Waals surface area contributed by atoms with Gasteiger partial charge in [-0.15, -0.1) is 0 Å². The number of hydrogen-bond acceptors (Lipinski definition) is 4. The van der Waals surface area contributed by atoms with Crippen LogP contribution in [0.15, 0.2) is 71.6 Å². The highest BCUT2D eigenvalue weighted by atomic mass is 32.2. The summed E-state index contributed by atoms with van der Waals surface area (Å²) in [5.74, 6) is -2.41. The number of amides is 1. The molecule has 0 fully saturated rings. The number of carbonyl (C=O) groups is 1. The Morgan fingerprint density at radius 2 is 1.53 bits per heavy atom. The van der Waals surface area contributed by atoms with Crippen LogP contribution in [0.1, 0.15) is 5.56 Å². The van der Waals surface area contributed by atoms with E-state index < -0.39 is 34.2 Å². The molecule has 6 nitrogen and oxygen atoms in total. The molecule has 0 aliphatic heterocycles. The fourth-order valence-electron chi connectivity index (χ4n) is 2.47. The second kappa shape index (κ2) is 8.91. The van der Waals surface area contributed by atoms with Gasteiger partial charge in [0, 0.05) is 17.4 Å².